The van der Waals surface area contributed by atoms with E-state index in [0.29, 0.717) is 5.57 Å². The molecular formula is C10H14O. The lowest BCUT2D eigenvalue weighted by molar-refractivity contribution is -0.112. The molecule has 0 N–H and O–H groups in total. The minimum absolute atomic E-state index is 0.157. The van der Waals surface area contributed by atoms with Gasteiger partial charge in [0.2, 0.25) is 0 Å². The van der Waals surface area contributed by atoms with E-state index in [-0.39, 0.29) is 5.78 Å². The fourth-order valence-electron chi connectivity index (χ4n) is 1.32. The SMILES string of the molecule is C=C(C)C(=O)C1=CCCCC1. The number of carbonyl (C=O) groups is 1. The summed E-state index contributed by atoms with van der Waals surface area (Å²) in [5.41, 5.74) is 1.64. The molecule has 0 radical (unpaired) electrons. The van der Waals surface area contributed by atoms with E-state index in [9.17, 15) is 4.79 Å². The van der Waals surface area contributed by atoms with Crippen LogP contribution in [-0.4, -0.2) is 5.78 Å². The first-order chi connectivity index (χ1) is 5.22. The summed E-state index contributed by atoms with van der Waals surface area (Å²) in [4.78, 5) is 11.3. The maximum atomic E-state index is 11.3. The molecule has 0 aromatic rings. The number of hydrogen-bond donors (Lipinski definition) is 0. The number of Topliss-reactive ketones (excluding diaryl/α,β-unsaturated/α-hetero) is 1. The molecule has 0 heterocycles. The largest absolute Gasteiger partial charge is 0.289 e. The van der Waals surface area contributed by atoms with Crippen LogP contribution in [0.2, 0.25) is 0 Å². The minimum Gasteiger partial charge on any atom is -0.289 e. The molecule has 0 atom stereocenters. The first-order valence-electron chi connectivity index (χ1n) is 4.11. The maximum absolute atomic E-state index is 11.3. The molecule has 0 unspecified atom stereocenters. The van der Waals surface area contributed by atoms with E-state index in [4.69, 9.17) is 0 Å². The Morgan fingerprint density at radius 1 is 1.55 bits per heavy atom. The zero-order valence-corrected chi connectivity index (χ0v) is 7.02. The van der Waals surface area contributed by atoms with E-state index in [0.717, 1.165) is 24.8 Å². The van der Waals surface area contributed by atoms with E-state index in [1.165, 1.54) is 6.42 Å². The molecule has 0 aromatic carbocycles. The molecule has 1 rings (SSSR count). The summed E-state index contributed by atoms with van der Waals surface area (Å²) < 4.78 is 0. The molecule has 0 amide bonds. The molecule has 11 heavy (non-hydrogen) atoms. The van der Waals surface area contributed by atoms with Crippen molar-refractivity contribution >= 4 is 5.78 Å². The molecule has 0 bridgehead atoms. The second-order valence-corrected chi connectivity index (χ2v) is 3.08. The quantitative estimate of drug-likeness (QED) is 0.553. The van der Waals surface area contributed by atoms with E-state index >= 15 is 0 Å². The third-order valence-corrected chi connectivity index (χ3v) is 1.97. The van der Waals surface area contributed by atoms with Crippen LogP contribution in [0.5, 0.6) is 0 Å². The van der Waals surface area contributed by atoms with Gasteiger partial charge in [-0.15, -0.1) is 0 Å². The standard InChI is InChI=1S/C10H14O/c1-8(2)10(11)9-6-4-3-5-7-9/h6H,1,3-5,7H2,2H3. The molecule has 1 nitrogen and oxygen atoms in total. The molecule has 1 heteroatoms. The summed E-state index contributed by atoms with van der Waals surface area (Å²) in [6, 6.07) is 0. The van der Waals surface area contributed by atoms with E-state index in [1.807, 2.05) is 0 Å². The molecule has 0 fully saturated rings. The Morgan fingerprint density at radius 2 is 2.27 bits per heavy atom. The van der Waals surface area contributed by atoms with Crippen LogP contribution in [-0.2, 0) is 4.79 Å². The molecule has 0 saturated heterocycles. The summed E-state index contributed by atoms with van der Waals surface area (Å²) in [7, 11) is 0. The Kier molecular flexibility index (Phi) is 2.64. The Labute approximate surface area is 67.8 Å². The average Bonchev–Trinajstić information content (AvgIpc) is 2.05. The van der Waals surface area contributed by atoms with Crippen molar-refractivity contribution < 1.29 is 4.79 Å². The molecule has 60 valence electrons. The van der Waals surface area contributed by atoms with Crippen molar-refractivity contribution in [2.24, 2.45) is 0 Å². The highest BCUT2D eigenvalue weighted by Gasteiger charge is 2.11. The molecule has 0 spiro atoms. The first kappa shape index (κ1) is 8.25. The van der Waals surface area contributed by atoms with Crippen molar-refractivity contribution in [2.45, 2.75) is 32.6 Å². The first-order valence-corrected chi connectivity index (χ1v) is 4.11. The fraction of sp³-hybridized carbons (Fsp3) is 0.500. The van der Waals surface area contributed by atoms with Crippen molar-refractivity contribution in [3.63, 3.8) is 0 Å². The van der Waals surface area contributed by atoms with Crippen LogP contribution in [0.3, 0.4) is 0 Å². The van der Waals surface area contributed by atoms with Gasteiger partial charge in [0.1, 0.15) is 0 Å². The topological polar surface area (TPSA) is 17.1 Å². The number of carbonyl (C=O) groups excluding carboxylic acids is 1. The molecule has 0 saturated carbocycles. The molecular weight excluding hydrogens is 136 g/mol. The lowest BCUT2D eigenvalue weighted by Gasteiger charge is -2.10. The zero-order chi connectivity index (χ0) is 8.27. The van der Waals surface area contributed by atoms with Gasteiger partial charge in [0, 0.05) is 0 Å². The van der Waals surface area contributed by atoms with Crippen LogP contribution in [0.1, 0.15) is 32.6 Å². The summed E-state index contributed by atoms with van der Waals surface area (Å²) in [5, 5.41) is 0. The third kappa shape index (κ3) is 2.04. The predicted octanol–water partition coefficient (Wildman–Crippen LogP) is 2.63. The third-order valence-electron chi connectivity index (χ3n) is 1.97. The number of hydrogen-bond acceptors (Lipinski definition) is 1. The van der Waals surface area contributed by atoms with E-state index in [1.54, 1.807) is 6.92 Å². The average molecular weight is 150 g/mol. The highest BCUT2D eigenvalue weighted by atomic mass is 16.1. The van der Waals surface area contributed by atoms with Crippen LogP contribution in [0.15, 0.2) is 23.8 Å². The minimum atomic E-state index is 0.157. The van der Waals surface area contributed by atoms with Crippen LogP contribution in [0, 0.1) is 0 Å². The summed E-state index contributed by atoms with van der Waals surface area (Å²) in [6.07, 6.45) is 6.46. The van der Waals surface area contributed by atoms with Crippen LogP contribution in [0.25, 0.3) is 0 Å². The van der Waals surface area contributed by atoms with Gasteiger partial charge in [-0.05, 0) is 43.8 Å². The molecule has 1 aliphatic carbocycles. The van der Waals surface area contributed by atoms with Gasteiger partial charge in [-0.1, -0.05) is 12.7 Å². The molecule has 0 aromatic heterocycles. The van der Waals surface area contributed by atoms with Crippen molar-refractivity contribution in [3.8, 4) is 0 Å². The van der Waals surface area contributed by atoms with Gasteiger partial charge >= 0.3 is 0 Å². The van der Waals surface area contributed by atoms with Crippen LogP contribution < -0.4 is 0 Å². The highest BCUT2D eigenvalue weighted by molar-refractivity contribution is 6.07. The fourth-order valence-corrected chi connectivity index (χ4v) is 1.32. The van der Waals surface area contributed by atoms with Crippen molar-refractivity contribution in [1.82, 2.24) is 0 Å². The Balaban J connectivity index is 2.66. The zero-order valence-electron chi connectivity index (χ0n) is 7.02. The Bertz CT molecular complexity index is 211. The molecule has 0 aliphatic heterocycles. The van der Waals surface area contributed by atoms with Gasteiger partial charge in [-0.3, -0.25) is 4.79 Å². The molecule has 1 aliphatic rings. The van der Waals surface area contributed by atoms with Crippen LogP contribution >= 0.6 is 0 Å². The lowest BCUT2D eigenvalue weighted by atomic mass is 9.94. The summed E-state index contributed by atoms with van der Waals surface area (Å²) in [6.45, 7) is 5.42. The smallest absolute Gasteiger partial charge is 0.183 e. The highest BCUT2D eigenvalue weighted by Crippen LogP contribution is 2.19. The summed E-state index contributed by atoms with van der Waals surface area (Å²) in [5.74, 6) is 0.157. The van der Waals surface area contributed by atoms with Gasteiger partial charge in [0.25, 0.3) is 0 Å². The monoisotopic (exact) mass is 150 g/mol. The number of ketones is 1. The summed E-state index contributed by atoms with van der Waals surface area (Å²) >= 11 is 0. The van der Waals surface area contributed by atoms with Gasteiger partial charge in [0.15, 0.2) is 5.78 Å². The van der Waals surface area contributed by atoms with Crippen molar-refractivity contribution in [1.29, 1.82) is 0 Å². The van der Waals surface area contributed by atoms with Gasteiger partial charge < -0.3 is 0 Å². The maximum Gasteiger partial charge on any atom is 0.183 e. The Morgan fingerprint density at radius 3 is 2.73 bits per heavy atom. The second kappa shape index (κ2) is 3.51. The van der Waals surface area contributed by atoms with Gasteiger partial charge in [-0.25, -0.2) is 0 Å². The van der Waals surface area contributed by atoms with E-state index in [2.05, 4.69) is 12.7 Å². The lowest BCUT2D eigenvalue weighted by Crippen LogP contribution is -2.05. The normalized spacial score (nSPS) is 17.4. The second-order valence-electron chi connectivity index (χ2n) is 3.08. The Hall–Kier alpha value is -0.850. The van der Waals surface area contributed by atoms with Gasteiger partial charge in [-0.2, -0.15) is 0 Å². The van der Waals surface area contributed by atoms with Crippen molar-refractivity contribution in [3.05, 3.63) is 23.8 Å². The van der Waals surface area contributed by atoms with Crippen molar-refractivity contribution in [2.75, 3.05) is 0 Å². The van der Waals surface area contributed by atoms with E-state index < -0.39 is 0 Å². The van der Waals surface area contributed by atoms with Gasteiger partial charge in [0.05, 0.1) is 0 Å². The number of rotatable bonds is 2. The predicted molar refractivity (Wildman–Crippen MR) is 46.4 cm³/mol. The number of allylic oxidation sites excluding steroid dienone is 3. The van der Waals surface area contributed by atoms with Crippen LogP contribution in [0.4, 0.5) is 0 Å².